The number of benzene rings is 1. The number of anilines is 2. The van der Waals surface area contributed by atoms with Crippen molar-refractivity contribution in [2.75, 3.05) is 50.6 Å². The molecule has 1 aromatic carbocycles. The van der Waals surface area contributed by atoms with Crippen LogP contribution in [0, 0.1) is 0 Å². The first-order chi connectivity index (χ1) is 44.1. The molecule has 522 valence electrons. The summed E-state index contributed by atoms with van der Waals surface area (Å²) in [5, 5.41) is 21.5. The minimum Gasteiger partial charge on any atom is -0.480 e. The zero-order chi connectivity index (χ0) is 67.3. The predicted molar refractivity (Wildman–Crippen MR) is 361 cm³/mol. The van der Waals surface area contributed by atoms with E-state index >= 15 is 0 Å². The zero-order valence-electron chi connectivity index (χ0n) is 56.7. The second kappa shape index (κ2) is 47.3. The van der Waals surface area contributed by atoms with Crippen molar-refractivity contribution in [3.8, 4) is 0 Å². The number of carbonyl (C=O) groups is 5. The van der Waals surface area contributed by atoms with Gasteiger partial charge in [0.15, 0.2) is 17.3 Å². The van der Waals surface area contributed by atoms with Crippen LogP contribution < -0.4 is 32.6 Å². The van der Waals surface area contributed by atoms with E-state index in [0.717, 1.165) is 38.5 Å². The molecule has 9 N–H and O–H groups in total. The molecule has 2 amide bonds. The van der Waals surface area contributed by atoms with Crippen molar-refractivity contribution in [2.45, 2.75) is 290 Å². The molecule has 3 atom stereocenters. The van der Waals surface area contributed by atoms with E-state index in [9.17, 15) is 43.3 Å². The normalized spacial score (nSPS) is 13.1. The monoisotopic (exact) mass is 1310 g/mol. The van der Waals surface area contributed by atoms with Gasteiger partial charge in [-0.25, -0.2) is 19.3 Å². The Hall–Kier alpha value is -5.58. The summed E-state index contributed by atoms with van der Waals surface area (Å²) in [7, 11) is -4.64. The second-order valence-electron chi connectivity index (χ2n) is 25.8. The largest absolute Gasteiger partial charge is 0.480 e. The number of fused-ring (bicyclic) bond motifs is 1. The summed E-state index contributed by atoms with van der Waals surface area (Å²) in [5.41, 5.74) is 4.78. The lowest BCUT2D eigenvalue weighted by molar-refractivity contribution is -0.161. The predicted octanol–water partition coefficient (Wildman–Crippen LogP) is 13.3. The smallest absolute Gasteiger partial charge is 0.472 e. The quantitative estimate of drug-likeness (QED) is 0.0148. The van der Waals surface area contributed by atoms with Crippen molar-refractivity contribution < 1.29 is 61.8 Å². The number of hydrogen-bond acceptors (Lipinski definition) is 18. The molecule has 0 aliphatic heterocycles. The fraction of sp³-hybridized carbons (Fsp3) is 0.750. The van der Waals surface area contributed by atoms with Gasteiger partial charge in [-0.2, -0.15) is 4.98 Å². The molecule has 0 aliphatic carbocycles. The number of hydrogen-bond donors (Lipinski definition) is 8. The van der Waals surface area contributed by atoms with Gasteiger partial charge in [-0.3, -0.25) is 38.0 Å². The number of nitrogen functional groups attached to an aromatic ring is 1. The van der Waals surface area contributed by atoms with Gasteiger partial charge in [-0.05, 0) is 71.2 Å². The average molecular weight is 1310 g/mol. The number of H-pyrrole nitrogens is 1. The molecule has 3 aromatic rings. The molecule has 0 radical (unpaired) electrons. The number of nitrogens with zero attached hydrogens (tertiary/aromatic N) is 3. The highest BCUT2D eigenvalue weighted by molar-refractivity contribution is 7.47. The number of phosphoric ester groups is 1. The first-order valence-corrected chi connectivity index (χ1v) is 36.1. The maximum atomic E-state index is 13.1. The summed E-state index contributed by atoms with van der Waals surface area (Å²) in [5.74, 6) is -3.41. The Morgan fingerprint density at radius 3 is 1.71 bits per heavy atom. The van der Waals surface area contributed by atoms with E-state index in [1.807, 2.05) is 13.8 Å². The van der Waals surface area contributed by atoms with Crippen LogP contribution in [0.2, 0.25) is 0 Å². The maximum absolute atomic E-state index is 13.1. The molecule has 92 heavy (non-hydrogen) atoms. The molecule has 24 heteroatoms. The summed E-state index contributed by atoms with van der Waals surface area (Å²) in [4.78, 5) is 102. The number of aliphatic carboxylic acids is 1. The van der Waals surface area contributed by atoms with Gasteiger partial charge < -0.3 is 51.2 Å². The van der Waals surface area contributed by atoms with E-state index in [0.29, 0.717) is 24.2 Å². The van der Waals surface area contributed by atoms with E-state index in [2.05, 4.69) is 55.1 Å². The Kier molecular flexibility index (Phi) is 41.5. The van der Waals surface area contributed by atoms with Crippen molar-refractivity contribution in [1.82, 2.24) is 35.9 Å². The van der Waals surface area contributed by atoms with Crippen molar-refractivity contribution in [3.05, 3.63) is 52.1 Å². The van der Waals surface area contributed by atoms with Crippen LogP contribution in [0.5, 0.6) is 0 Å². The summed E-state index contributed by atoms with van der Waals surface area (Å²) in [6.07, 6.45) is 36.5. The molecule has 2 aromatic heterocycles. The average Bonchev–Trinajstić information content (AvgIpc) is 1.01. The van der Waals surface area contributed by atoms with E-state index in [1.54, 1.807) is 26.0 Å². The maximum Gasteiger partial charge on any atom is 0.472 e. The Labute approximate surface area is 548 Å². The molecule has 2 heterocycles. The van der Waals surface area contributed by atoms with Gasteiger partial charge in [0, 0.05) is 43.6 Å². The number of aromatic nitrogens is 4. The van der Waals surface area contributed by atoms with Crippen LogP contribution in [-0.2, 0) is 53.5 Å². The van der Waals surface area contributed by atoms with Crippen LogP contribution in [0.15, 0.2) is 35.3 Å². The van der Waals surface area contributed by atoms with Crippen molar-refractivity contribution in [2.24, 2.45) is 0 Å². The Morgan fingerprint density at radius 1 is 0.674 bits per heavy atom. The molecule has 0 saturated heterocycles. The fourth-order valence-electron chi connectivity index (χ4n) is 10.4. The molecule has 0 bridgehead atoms. The Bertz CT molecular complexity index is 2660. The lowest BCUT2D eigenvalue weighted by atomic mass is 10.0. The lowest BCUT2D eigenvalue weighted by Gasteiger charge is -2.33. The highest BCUT2D eigenvalue weighted by Gasteiger charge is 2.30. The topological polar surface area (TPSA) is 335 Å². The van der Waals surface area contributed by atoms with E-state index in [1.165, 1.54) is 160 Å². The van der Waals surface area contributed by atoms with Crippen molar-refractivity contribution in [1.29, 1.82) is 0 Å². The Balaban J connectivity index is 1.36. The van der Waals surface area contributed by atoms with Gasteiger partial charge in [0.25, 0.3) is 11.5 Å². The van der Waals surface area contributed by atoms with Crippen LogP contribution in [0.1, 0.15) is 276 Å². The van der Waals surface area contributed by atoms with Crippen LogP contribution in [0.25, 0.3) is 11.2 Å². The molecular formula is C68H116N9O14P. The first-order valence-electron chi connectivity index (χ1n) is 34.6. The summed E-state index contributed by atoms with van der Waals surface area (Å²) in [6.45, 7) is 11.2. The SMILES string of the molecule is CCCCCCCCCCCCCCCCCC(=O)OC[C@H](COP(=O)(O)OCCNCC(C)(C)OCC(C)(C)NC(=O)CCC(NC(=O)c1ccc(NCc2cnc3nc(N)[nH]c(=O)c3n2)cc1)C(=O)O)OC(=O)CCCCCCCCCCCCCCCCC. The molecule has 0 fully saturated rings. The molecule has 23 nitrogen and oxygen atoms in total. The molecular weight excluding hydrogens is 1200 g/mol. The lowest BCUT2D eigenvalue weighted by Crippen LogP contribution is -2.50. The number of carboxylic acids is 1. The number of unbranched alkanes of at least 4 members (excludes halogenated alkanes) is 28. The number of nitrogens with two attached hydrogens (primary N) is 1. The fourth-order valence-corrected chi connectivity index (χ4v) is 11.2. The van der Waals surface area contributed by atoms with E-state index in [-0.39, 0.29) is 87.8 Å². The number of ether oxygens (including phenoxy) is 3. The van der Waals surface area contributed by atoms with Gasteiger partial charge in [-0.1, -0.05) is 194 Å². The van der Waals surface area contributed by atoms with E-state index < -0.39 is 73.0 Å². The summed E-state index contributed by atoms with van der Waals surface area (Å²) >= 11 is 0. The van der Waals surface area contributed by atoms with Crippen LogP contribution in [0.3, 0.4) is 0 Å². The van der Waals surface area contributed by atoms with Gasteiger partial charge in [0.05, 0.1) is 49.4 Å². The van der Waals surface area contributed by atoms with E-state index in [4.69, 9.17) is 29.0 Å². The molecule has 0 saturated carbocycles. The molecule has 0 spiro atoms. The minimum absolute atomic E-state index is 0.0366. The zero-order valence-corrected chi connectivity index (χ0v) is 57.6. The Morgan fingerprint density at radius 2 is 1.18 bits per heavy atom. The van der Waals surface area contributed by atoms with Crippen molar-refractivity contribution in [3.63, 3.8) is 0 Å². The standard InChI is InChI=1S/C68H116N9O14P/c1-7-9-11-13-15-17-19-21-23-25-27-29-31-33-35-37-59(79)87-49-56(91-60(80)38-36-34-32-30-28-26-24-22-20-18-16-14-12-10-8-2)50-90-92(85,86)89-46-45-70-51-68(5,6)88-52-67(3,4)77-58(78)44-43-57(65(83)84)74-63(81)53-39-41-54(42-40-53)71-47-55-48-72-62-61(73-55)64(82)76-66(69)75-62/h39-42,48,56-57,70-71H,7-38,43-47,49-52H2,1-6H3,(H,74,81)(H,77,78)(H,83,84)(H,85,86)(H3,69,72,75,76,82)/t56-,57?/m1/s1. The number of carboxylic acid groups (broad SMARTS) is 1. The number of nitrogens with one attached hydrogen (secondary N) is 5. The number of aromatic amines is 1. The number of carbonyl (C=O) groups excluding carboxylic acids is 4. The number of esters is 2. The third-order valence-corrected chi connectivity index (χ3v) is 16.9. The number of phosphoric acid groups is 1. The highest BCUT2D eigenvalue weighted by atomic mass is 31.2. The summed E-state index contributed by atoms with van der Waals surface area (Å²) in [6, 6.07) is 4.90. The van der Waals surface area contributed by atoms with Crippen molar-refractivity contribution >= 4 is 60.3 Å². The first kappa shape index (κ1) is 80.7. The van der Waals surface area contributed by atoms with Gasteiger partial charge in [0.2, 0.25) is 11.9 Å². The third-order valence-electron chi connectivity index (χ3n) is 15.9. The molecule has 2 unspecified atom stereocenters. The minimum atomic E-state index is -4.64. The van der Waals surface area contributed by atoms with Gasteiger partial charge >= 0.3 is 25.7 Å². The molecule has 0 aliphatic rings. The highest BCUT2D eigenvalue weighted by Crippen LogP contribution is 2.43. The number of amides is 2. The third kappa shape index (κ3) is 39.2. The molecule has 3 rings (SSSR count). The van der Waals surface area contributed by atoms with Gasteiger partial charge in [0.1, 0.15) is 12.6 Å². The van der Waals surface area contributed by atoms with Crippen LogP contribution in [0.4, 0.5) is 11.6 Å². The van der Waals surface area contributed by atoms with Gasteiger partial charge in [-0.15, -0.1) is 0 Å². The second-order valence-corrected chi connectivity index (χ2v) is 27.2. The van der Waals surface area contributed by atoms with Crippen LogP contribution >= 0.6 is 7.82 Å². The summed E-state index contributed by atoms with van der Waals surface area (Å²) < 4.78 is 40.9. The number of rotatable bonds is 57. The van der Waals surface area contributed by atoms with Crippen LogP contribution in [-0.4, -0.2) is 122 Å².